The summed E-state index contributed by atoms with van der Waals surface area (Å²) >= 11 is 0. The van der Waals surface area contributed by atoms with Gasteiger partial charge in [-0.1, -0.05) is 30.3 Å². The third kappa shape index (κ3) is 3.36. The Morgan fingerprint density at radius 3 is 2.17 bits per heavy atom. The van der Waals surface area contributed by atoms with Gasteiger partial charge in [0.2, 0.25) is 0 Å². The number of rotatable bonds is 4. The number of hydrogen-bond donors (Lipinski definition) is 1. The number of piperazine rings is 1. The maximum atomic E-state index is 11.0. The minimum atomic E-state index is 0.535. The van der Waals surface area contributed by atoms with Gasteiger partial charge in [-0.2, -0.15) is 0 Å². The Morgan fingerprint density at radius 1 is 1.04 bits per heavy atom. The molecule has 1 aliphatic heterocycles. The summed E-state index contributed by atoms with van der Waals surface area (Å²) in [6.07, 6.45) is 0.938. The fourth-order valence-corrected chi connectivity index (χ4v) is 3.98. The first-order valence-corrected chi connectivity index (χ1v) is 8.81. The van der Waals surface area contributed by atoms with Gasteiger partial charge >= 0.3 is 0 Å². The van der Waals surface area contributed by atoms with E-state index in [-0.39, 0.29) is 0 Å². The van der Waals surface area contributed by atoms with Crippen molar-refractivity contribution in [3.63, 3.8) is 0 Å². The van der Waals surface area contributed by atoms with E-state index in [2.05, 4.69) is 56.0 Å². The van der Waals surface area contributed by atoms with Crippen LogP contribution in [0.4, 0.5) is 5.69 Å². The monoisotopic (exact) mass is 323 g/mol. The molecule has 1 fully saturated rings. The molecule has 0 amide bonds. The summed E-state index contributed by atoms with van der Waals surface area (Å²) in [6, 6.07) is 15.3. The maximum Gasteiger partial charge on any atom is 0.150 e. The number of benzene rings is 2. The molecule has 3 rings (SSSR count). The Labute approximate surface area is 144 Å². The molecule has 1 aliphatic rings. The van der Waals surface area contributed by atoms with Crippen molar-refractivity contribution < 1.29 is 9.69 Å². The van der Waals surface area contributed by atoms with Crippen molar-refractivity contribution in [1.29, 1.82) is 0 Å². The summed E-state index contributed by atoms with van der Waals surface area (Å²) < 4.78 is 0. The largest absolute Gasteiger partial charge is 0.360 e. The van der Waals surface area contributed by atoms with Crippen LogP contribution in [0.15, 0.2) is 42.5 Å². The molecule has 1 N–H and O–H groups in total. The van der Waals surface area contributed by atoms with Crippen LogP contribution < -0.4 is 9.80 Å². The highest BCUT2D eigenvalue weighted by Crippen LogP contribution is 2.26. The lowest BCUT2D eigenvalue weighted by atomic mass is 10.0. The van der Waals surface area contributed by atoms with E-state index in [4.69, 9.17) is 0 Å². The predicted octanol–water partition coefficient (Wildman–Crippen LogP) is 2.58. The highest BCUT2D eigenvalue weighted by molar-refractivity contribution is 5.78. The van der Waals surface area contributed by atoms with E-state index >= 15 is 0 Å². The molecule has 3 heteroatoms. The maximum absolute atomic E-state index is 11.0. The standard InChI is InChI=1S/C21H26N2O/c1-16-13-19(15-24)14-17(2)21(16)23-11-9-22(10-12-23)18(3)20-7-5-4-6-8-20/h4-8,13-15,18H,9-12H2,1-3H3/p+1/t18-/m0/s1. The number of quaternary nitrogens is 1. The third-order valence-electron chi connectivity index (χ3n) is 5.28. The summed E-state index contributed by atoms with van der Waals surface area (Å²) in [7, 11) is 0. The van der Waals surface area contributed by atoms with Crippen molar-refractivity contribution in [3.05, 3.63) is 64.7 Å². The Hall–Kier alpha value is -2.13. The molecule has 0 aliphatic carbocycles. The summed E-state index contributed by atoms with van der Waals surface area (Å²) in [6.45, 7) is 11.0. The van der Waals surface area contributed by atoms with Crippen molar-refractivity contribution in [3.8, 4) is 0 Å². The molecule has 0 saturated carbocycles. The van der Waals surface area contributed by atoms with Gasteiger partial charge in [0.15, 0.2) is 0 Å². The van der Waals surface area contributed by atoms with Crippen molar-refractivity contribution in [2.24, 2.45) is 0 Å². The van der Waals surface area contributed by atoms with Gasteiger partial charge in [-0.15, -0.1) is 0 Å². The number of nitrogens with one attached hydrogen (secondary N) is 1. The molecule has 0 radical (unpaired) electrons. The van der Waals surface area contributed by atoms with E-state index < -0.39 is 0 Å². The lowest BCUT2D eigenvalue weighted by Gasteiger charge is -2.38. The second-order valence-electron chi connectivity index (χ2n) is 6.90. The number of hydrogen-bond acceptors (Lipinski definition) is 2. The van der Waals surface area contributed by atoms with Crippen LogP contribution >= 0.6 is 0 Å². The third-order valence-corrected chi connectivity index (χ3v) is 5.28. The zero-order valence-corrected chi connectivity index (χ0v) is 14.9. The van der Waals surface area contributed by atoms with Gasteiger partial charge in [0.05, 0.1) is 26.2 Å². The fourth-order valence-electron chi connectivity index (χ4n) is 3.98. The molecule has 2 aromatic rings. The lowest BCUT2D eigenvalue weighted by molar-refractivity contribution is -0.930. The summed E-state index contributed by atoms with van der Waals surface area (Å²) in [5.74, 6) is 0. The van der Waals surface area contributed by atoms with Crippen LogP contribution in [0.1, 0.15) is 40.0 Å². The average Bonchev–Trinajstić information content (AvgIpc) is 2.61. The quantitative estimate of drug-likeness (QED) is 0.875. The topological polar surface area (TPSA) is 24.8 Å². The van der Waals surface area contributed by atoms with Crippen molar-refractivity contribution in [2.75, 3.05) is 31.1 Å². The Morgan fingerprint density at radius 2 is 1.62 bits per heavy atom. The van der Waals surface area contributed by atoms with E-state index in [9.17, 15) is 4.79 Å². The van der Waals surface area contributed by atoms with E-state index in [1.54, 1.807) is 4.90 Å². The van der Waals surface area contributed by atoms with Gasteiger partial charge in [-0.25, -0.2) is 0 Å². The van der Waals surface area contributed by atoms with E-state index in [1.807, 2.05) is 12.1 Å². The van der Waals surface area contributed by atoms with E-state index in [1.165, 1.54) is 22.4 Å². The van der Waals surface area contributed by atoms with Gasteiger partial charge in [-0.05, 0) is 44.0 Å². The first kappa shape index (κ1) is 16.7. The number of aldehydes is 1. The summed E-state index contributed by atoms with van der Waals surface area (Å²) in [5.41, 5.74) is 5.92. The summed E-state index contributed by atoms with van der Waals surface area (Å²) in [5, 5.41) is 0. The van der Waals surface area contributed by atoms with Crippen LogP contribution in [0.2, 0.25) is 0 Å². The molecule has 0 aromatic heterocycles. The number of carbonyl (C=O) groups is 1. The van der Waals surface area contributed by atoms with E-state index in [0.717, 1.165) is 38.0 Å². The van der Waals surface area contributed by atoms with E-state index in [0.29, 0.717) is 6.04 Å². The van der Waals surface area contributed by atoms with Crippen LogP contribution in [-0.4, -0.2) is 32.5 Å². The normalized spacial score (nSPS) is 16.9. The molecule has 0 bridgehead atoms. The van der Waals surface area contributed by atoms with Gasteiger partial charge in [0.1, 0.15) is 12.3 Å². The molecular weight excluding hydrogens is 296 g/mol. The second kappa shape index (κ2) is 7.18. The van der Waals surface area contributed by atoms with Gasteiger partial charge in [-0.3, -0.25) is 4.79 Å². The molecule has 1 atom stereocenters. The number of aryl methyl sites for hydroxylation is 2. The van der Waals surface area contributed by atoms with Crippen LogP contribution in [0.3, 0.4) is 0 Å². The minimum Gasteiger partial charge on any atom is -0.360 e. The first-order chi connectivity index (χ1) is 11.6. The zero-order valence-electron chi connectivity index (χ0n) is 14.9. The molecule has 0 spiro atoms. The number of carbonyl (C=O) groups excluding carboxylic acids is 1. The van der Waals surface area contributed by atoms with Gasteiger partial charge < -0.3 is 9.80 Å². The van der Waals surface area contributed by atoms with Crippen molar-refractivity contribution in [1.82, 2.24) is 0 Å². The molecule has 3 nitrogen and oxygen atoms in total. The predicted molar refractivity (Wildman–Crippen MR) is 99.1 cm³/mol. The molecule has 2 aromatic carbocycles. The second-order valence-corrected chi connectivity index (χ2v) is 6.90. The minimum absolute atomic E-state index is 0.535. The Kier molecular flexibility index (Phi) is 5.00. The van der Waals surface area contributed by atoms with Crippen LogP contribution in [0, 0.1) is 13.8 Å². The molecule has 24 heavy (non-hydrogen) atoms. The SMILES string of the molecule is Cc1cc(C=O)cc(C)c1N1CC[NH+]([C@@H](C)c2ccccc2)CC1. The lowest BCUT2D eigenvalue weighted by Crippen LogP contribution is -3.14. The van der Waals surface area contributed by atoms with Gasteiger partial charge in [0, 0.05) is 16.8 Å². The number of nitrogens with zero attached hydrogens (tertiary/aromatic N) is 1. The molecule has 0 unspecified atom stereocenters. The highest BCUT2D eigenvalue weighted by Gasteiger charge is 2.26. The molecule has 1 heterocycles. The Bertz CT molecular complexity index is 680. The number of anilines is 1. The van der Waals surface area contributed by atoms with Crippen LogP contribution in [0.25, 0.3) is 0 Å². The van der Waals surface area contributed by atoms with Gasteiger partial charge in [0.25, 0.3) is 0 Å². The highest BCUT2D eigenvalue weighted by atomic mass is 16.1. The van der Waals surface area contributed by atoms with Crippen LogP contribution in [-0.2, 0) is 0 Å². The molecule has 126 valence electrons. The van der Waals surface area contributed by atoms with Crippen LogP contribution in [0.5, 0.6) is 0 Å². The van der Waals surface area contributed by atoms with Crippen molar-refractivity contribution >= 4 is 12.0 Å². The molecule has 1 saturated heterocycles. The fraction of sp³-hybridized carbons (Fsp3) is 0.381. The summed E-state index contributed by atoms with van der Waals surface area (Å²) in [4.78, 5) is 15.2. The first-order valence-electron chi connectivity index (χ1n) is 8.81. The zero-order chi connectivity index (χ0) is 17.1. The average molecular weight is 323 g/mol. The molecular formula is C21H27N2O+. The van der Waals surface area contributed by atoms with Crippen molar-refractivity contribution in [2.45, 2.75) is 26.8 Å². The Balaban J connectivity index is 1.70. The smallest absolute Gasteiger partial charge is 0.150 e.